The molecule has 154 valence electrons. The quantitative estimate of drug-likeness (QED) is 0.706. The van der Waals surface area contributed by atoms with Crippen LogP contribution in [-0.2, 0) is 11.2 Å². The Bertz CT molecular complexity index is 723. The molecule has 7 heteroatoms. The highest BCUT2D eigenvalue weighted by atomic mass is 16.5. The first-order valence-corrected chi connectivity index (χ1v) is 10.4. The van der Waals surface area contributed by atoms with Crippen LogP contribution in [0, 0.1) is 5.92 Å². The summed E-state index contributed by atoms with van der Waals surface area (Å²) in [5.74, 6) is 0.475. The lowest BCUT2D eigenvalue weighted by Gasteiger charge is -2.40. The highest BCUT2D eigenvalue weighted by molar-refractivity contribution is 5.93. The van der Waals surface area contributed by atoms with Crippen molar-refractivity contribution in [3.63, 3.8) is 0 Å². The molecule has 1 aromatic heterocycles. The van der Waals surface area contributed by atoms with Gasteiger partial charge >= 0.3 is 0 Å². The lowest BCUT2D eigenvalue weighted by Crippen LogP contribution is -2.52. The number of anilines is 1. The molecule has 1 aromatic rings. The Labute approximate surface area is 166 Å². The van der Waals surface area contributed by atoms with E-state index in [1.54, 1.807) is 7.11 Å². The summed E-state index contributed by atoms with van der Waals surface area (Å²) in [5.41, 5.74) is 6.66. The summed E-state index contributed by atoms with van der Waals surface area (Å²) in [6.07, 6.45) is 7.60. The maximum Gasteiger partial charge on any atom is 0.267 e. The molecule has 2 saturated carbocycles. The molecule has 0 radical (unpaired) electrons. The fraction of sp³-hybridized carbons (Fsp3) is 0.714. The van der Waals surface area contributed by atoms with E-state index in [2.05, 4.69) is 9.88 Å². The summed E-state index contributed by atoms with van der Waals surface area (Å²) < 4.78 is 11.4. The van der Waals surface area contributed by atoms with Gasteiger partial charge in [0.05, 0.1) is 18.3 Å². The number of amides is 1. The smallest absolute Gasteiger partial charge is 0.267 e. The van der Waals surface area contributed by atoms with E-state index in [4.69, 9.17) is 15.2 Å². The molecule has 4 rings (SSSR count). The van der Waals surface area contributed by atoms with Crippen LogP contribution in [0.15, 0.2) is 6.07 Å². The highest BCUT2D eigenvalue weighted by Crippen LogP contribution is 2.38. The first kappa shape index (κ1) is 19.5. The van der Waals surface area contributed by atoms with Gasteiger partial charge in [-0.25, -0.2) is 4.98 Å². The van der Waals surface area contributed by atoms with Crippen LogP contribution < -0.4 is 15.4 Å². The molecule has 3 aliphatic rings. The normalized spacial score (nSPS) is 22.0. The molecule has 1 saturated heterocycles. The zero-order chi connectivity index (χ0) is 19.7. The summed E-state index contributed by atoms with van der Waals surface area (Å²) in [6, 6.07) is 1.95. The predicted molar refractivity (Wildman–Crippen MR) is 106 cm³/mol. The number of hydrogen-bond acceptors (Lipinski definition) is 6. The molecular weight excluding hydrogens is 358 g/mol. The van der Waals surface area contributed by atoms with Gasteiger partial charge in [-0.1, -0.05) is 19.3 Å². The molecule has 0 atom stereocenters. The van der Waals surface area contributed by atoms with Gasteiger partial charge in [-0.15, -0.1) is 0 Å². The van der Waals surface area contributed by atoms with Gasteiger partial charge in [0.1, 0.15) is 11.4 Å². The van der Waals surface area contributed by atoms with Gasteiger partial charge in [-0.05, 0) is 43.2 Å². The molecule has 1 amide bonds. The molecule has 0 bridgehead atoms. The average molecular weight is 389 g/mol. The van der Waals surface area contributed by atoms with Crippen LogP contribution in [0.2, 0.25) is 0 Å². The molecule has 0 unspecified atom stereocenters. The molecule has 28 heavy (non-hydrogen) atoms. The maximum atomic E-state index is 12.1. The predicted octanol–water partition coefficient (Wildman–Crippen LogP) is 2.04. The molecule has 1 aliphatic heterocycles. The SMILES string of the molecule is COC1CN(c2cc(CC3(O)CCCCC3)c(C(N)=O)nc2OCC2CC2)C1. The number of ether oxygens (including phenoxy) is 2. The fourth-order valence-electron chi connectivity index (χ4n) is 4.21. The third kappa shape index (κ3) is 4.25. The van der Waals surface area contributed by atoms with Crippen molar-refractivity contribution in [3.8, 4) is 5.88 Å². The zero-order valence-electron chi connectivity index (χ0n) is 16.7. The number of pyridine rings is 1. The minimum absolute atomic E-state index is 0.193. The number of carbonyl (C=O) groups is 1. The number of rotatable bonds is 8. The number of hydrogen-bond donors (Lipinski definition) is 2. The van der Waals surface area contributed by atoms with Crippen LogP contribution in [0.5, 0.6) is 5.88 Å². The standard InChI is InChI=1S/C21H31N3O4/c1-27-16-11-24(12-16)17-9-15(10-21(26)7-3-2-4-8-21)18(19(22)25)23-20(17)28-13-14-5-6-14/h9,14,16,26H,2-8,10-13H2,1H3,(H2,22,25). The van der Waals surface area contributed by atoms with Crippen molar-refractivity contribution in [2.75, 3.05) is 31.7 Å². The van der Waals surface area contributed by atoms with Crippen LogP contribution in [0.1, 0.15) is 61.0 Å². The number of methoxy groups -OCH3 is 1. The van der Waals surface area contributed by atoms with E-state index in [0.717, 1.165) is 50.9 Å². The maximum absolute atomic E-state index is 12.1. The molecule has 2 heterocycles. The topological polar surface area (TPSA) is 97.9 Å². The molecule has 2 aliphatic carbocycles. The zero-order valence-corrected chi connectivity index (χ0v) is 16.7. The van der Waals surface area contributed by atoms with E-state index < -0.39 is 11.5 Å². The summed E-state index contributed by atoms with van der Waals surface area (Å²) >= 11 is 0. The van der Waals surface area contributed by atoms with Gasteiger partial charge < -0.3 is 25.2 Å². The summed E-state index contributed by atoms with van der Waals surface area (Å²) in [4.78, 5) is 18.8. The Hall–Kier alpha value is -1.86. The van der Waals surface area contributed by atoms with Gasteiger partial charge in [0, 0.05) is 26.6 Å². The fourth-order valence-corrected chi connectivity index (χ4v) is 4.21. The second-order valence-corrected chi connectivity index (χ2v) is 8.66. The van der Waals surface area contributed by atoms with E-state index in [9.17, 15) is 9.90 Å². The van der Waals surface area contributed by atoms with Gasteiger partial charge in [0.25, 0.3) is 5.91 Å². The average Bonchev–Trinajstić information content (AvgIpc) is 3.44. The van der Waals surface area contributed by atoms with E-state index >= 15 is 0 Å². The first-order valence-electron chi connectivity index (χ1n) is 10.4. The largest absolute Gasteiger partial charge is 0.476 e. The number of primary amides is 1. The van der Waals surface area contributed by atoms with Crippen molar-refractivity contribution in [2.24, 2.45) is 11.7 Å². The number of nitrogens with two attached hydrogens (primary N) is 1. The van der Waals surface area contributed by atoms with Gasteiger partial charge in [0.15, 0.2) is 0 Å². The second kappa shape index (κ2) is 7.87. The Morgan fingerprint density at radius 2 is 2.04 bits per heavy atom. The minimum atomic E-state index is -0.790. The molecule has 3 N–H and O–H groups in total. The van der Waals surface area contributed by atoms with E-state index in [-0.39, 0.29) is 11.8 Å². The van der Waals surface area contributed by atoms with E-state index in [0.29, 0.717) is 30.4 Å². The van der Waals surface area contributed by atoms with Gasteiger partial charge in [0.2, 0.25) is 5.88 Å². The van der Waals surface area contributed by atoms with Crippen molar-refractivity contribution in [2.45, 2.75) is 63.1 Å². The summed E-state index contributed by atoms with van der Waals surface area (Å²) in [7, 11) is 1.71. The lowest BCUT2D eigenvalue weighted by molar-refractivity contribution is 0.00427. The van der Waals surface area contributed by atoms with E-state index in [1.807, 2.05) is 6.07 Å². The first-order chi connectivity index (χ1) is 13.5. The molecular formula is C21H31N3O4. The molecule has 7 nitrogen and oxygen atoms in total. The Kier molecular flexibility index (Phi) is 5.47. The van der Waals surface area contributed by atoms with Crippen molar-refractivity contribution < 1.29 is 19.4 Å². The summed E-state index contributed by atoms with van der Waals surface area (Å²) in [6.45, 7) is 2.14. The van der Waals surface area contributed by atoms with Crippen LogP contribution >= 0.6 is 0 Å². The summed E-state index contributed by atoms with van der Waals surface area (Å²) in [5, 5.41) is 11.0. The van der Waals surface area contributed by atoms with Crippen molar-refractivity contribution >= 4 is 11.6 Å². The number of aliphatic hydroxyl groups is 1. The van der Waals surface area contributed by atoms with Gasteiger partial charge in [-0.3, -0.25) is 4.79 Å². The molecule has 0 spiro atoms. The second-order valence-electron chi connectivity index (χ2n) is 8.66. The van der Waals surface area contributed by atoms with Crippen LogP contribution in [0.25, 0.3) is 0 Å². The Morgan fingerprint density at radius 3 is 2.64 bits per heavy atom. The third-order valence-corrected chi connectivity index (χ3v) is 6.26. The van der Waals surface area contributed by atoms with Crippen molar-refractivity contribution in [3.05, 3.63) is 17.3 Å². The van der Waals surface area contributed by atoms with Crippen LogP contribution in [0.4, 0.5) is 5.69 Å². The van der Waals surface area contributed by atoms with Crippen molar-refractivity contribution in [1.82, 2.24) is 4.98 Å². The number of aromatic nitrogens is 1. The number of nitrogens with zero attached hydrogens (tertiary/aromatic N) is 2. The van der Waals surface area contributed by atoms with Crippen molar-refractivity contribution in [1.29, 1.82) is 0 Å². The van der Waals surface area contributed by atoms with Gasteiger partial charge in [-0.2, -0.15) is 0 Å². The number of carbonyl (C=O) groups excluding carboxylic acids is 1. The highest BCUT2D eigenvalue weighted by Gasteiger charge is 2.35. The Morgan fingerprint density at radius 1 is 1.32 bits per heavy atom. The minimum Gasteiger partial charge on any atom is -0.476 e. The third-order valence-electron chi connectivity index (χ3n) is 6.26. The molecule has 0 aromatic carbocycles. The lowest BCUT2D eigenvalue weighted by atomic mass is 9.80. The van der Waals surface area contributed by atoms with Crippen LogP contribution in [0.3, 0.4) is 0 Å². The monoisotopic (exact) mass is 389 g/mol. The Balaban J connectivity index is 1.64. The molecule has 3 fully saturated rings. The van der Waals surface area contributed by atoms with E-state index in [1.165, 1.54) is 12.8 Å². The van der Waals surface area contributed by atoms with Crippen LogP contribution in [-0.4, -0.2) is 54.5 Å².